The summed E-state index contributed by atoms with van der Waals surface area (Å²) < 4.78 is 0. The maximum absolute atomic E-state index is 3.48. The van der Waals surface area contributed by atoms with Gasteiger partial charge in [-0.05, 0) is 23.9 Å². The highest BCUT2D eigenvalue weighted by Crippen LogP contribution is 2.33. The number of hydrogen-bond donors (Lipinski definition) is 1. The van der Waals surface area contributed by atoms with Crippen LogP contribution in [0.15, 0.2) is 11.4 Å². The molecule has 1 aromatic rings. The van der Waals surface area contributed by atoms with Gasteiger partial charge in [-0.3, -0.25) is 0 Å². The van der Waals surface area contributed by atoms with E-state index in [4.69, 9.17) is 0 Å². The third kappa shape index (κ3) is 1.51. The van der Waals surface area contributed by atoms with Crippen LogP contribution in [0.5, 0.6) is 0 Å². The molecule has 3 heteroatoms. The minimum atomic E-state index is 0. The van der Waals surface area contributed by atoms with Gasteiger partial charge in [-0.15, -0.1) is 23.7 Å². The normalized spacial score (nSPS) is 27.5. The largest absolute Gasteiger partial charge is 0.310 e. The molecule has 1 N–H and O–H groups in total. The van der Waals surface area contributed by atoms with E-state index in [2.05, 4.69) is 30.6 Å². The van der Waals surface area contributed by atoms with E-state index in [0.717, 1.165) is 6.54 Å². The molecule has 68 valence electrons. The van der Waals surface area contributed by atoms with Gasteiger partial charge in [0, 0.05) is 23.4 Å². The van der Waals surface area contributed by atoms with Crippen molar-refractivity contribution in [1.82, 2.24) is 5.32 Å². The molecule has 0 spiro atoms. The number of fused-ring (bicyclic) bond motifs is 1. The average molecular weight is 204 g/mol. The molecule has 12 heavy (non-hydrogen) atoms. The Labute approximate surface area is 83.6 Å². The van der Waals surface area contributed by atoms with Gasteiger partial charge in [0.25, 0.3) is 0 Å². The molecular weight excluding hydrogens is 190 g/mol. The number of thiophene rings is 1. The third-order valence-electron chi connectivity index (χ3n) is 2.37. The zero-order chi connectivity index (χ0) is 7.84. The Morgan fingerprint density at radius 2 is 2.25 bits per heavy atom. The van der Waals surface area contributed by atoms with Crippen LogP contribution in [-0.4, -0.2) is 6.54 Å². The summed E-state index contributed by atoms with van der Waals surface area (Å²) in [5, 5.41) is 5.68. The lowest BCUT2D eigenvalue weighted by Gasteiger charge is -2.25. The molecule has 2 unspecified atom stereocenters. The van der Waals surface area contributed by atoms with Gasteiger partial charge in [0.05, 0.1) is 0 Å². The molecule has 1 aromatic heterocycles. The van der Waals surface area contributed by atoms with Crippen LogP contribution >= 0.6 is 23.7 Å². The molecule has 0 amide bonds. The summed E-state index contributed by atoms with van der Waals surface area (Å²) in [4.78, 5) is 1.58. The zero-order valence-corrected chi connectivity index (χ0v) is 8.97. The smallest absolute Gasteiger partial charge is 0.0303 e. The van der Waals surface area contributed by atoms with Gasteiger partial charge >= 0.3 is 0 Å². The maximum atomic E-state index is 3.48. The first kappa shape index (κ1) is 10.0. The quantitative estimate of drug-likeness (QED) is 0.684. The molecular formula is C9H14ClNS. The lowest BCUT2D eigenvalue weighted by Crippen LogP contribution is -2.28. The van der Waals surface area contributed by atoms with E-state index < -0.39 is 0 Å². The van der Waals surface area contributed by atoms with Crippen LogP contribution in [0.2, 0.25) is 0 Å². The first-order chi connectivity index (χ1) is 5.29. The number of nitrogens with one attached hydrogen (secondary N) is 1. The molecule has 0 saturated heterocycles. The second-order valence-corrected chi connectivity index (χ2v) is 4.22. The van der Waals surface area contributed by atoms with Crippen LogP contribution in [0.1, 0.15) is 36.2 Å². The summed E-state index contributed by atoms with van der Waals surface area (Å²) in [5.74, 6) is 0.709. The summed E-state index contributed by atoms with van der Waals surface area (Å²) in [6, 6.07) is 2.81. The number of halogens is 1. The van der Waals surface area contributed by atoms with Gasteiger partial charge in [0.15, 0.2) is 0 Å². The summed E-state index contributed by atoms with van der Waals surface area (Å²) in [5.41, 5.74) is 1.51. The van der Waals surface area contributed by atoms with Crippen LogP contribution < -0.4 is 5.32 Å². The highest BCUT2D eigenvalue weighted by Gasteiger charge is 2.21. The minimum Gasteiger partial charge on any atom is -0.310 e. The monoisotopic (exact) mass is 203 g/mol. The van der Waals surface area contributed by atoms with E-state index in [9.17, 15) is 0 Å². The predicted molar refractivity (Wildman–Crippen MR) is 56.4 cm³/mol. The van der Waals surface area contributed by atoms with E-state index in [0.29, 0.717) is 12.0 Å². The van der Waals surface area contributed by atoms with Gasteiger partial charge in [-0.1, -0.05) is 6.92 Å². The first-order valence-electron chi connectivity index (χ1n) is 4.09. The maximum Gasteiger partial charge on any atom is 0.0303 e. The average Bonchev–Trinajstić information content (AvgIpc) is 2.45. The SMILES string of the molecule is CC1CNC(C)c2ccsc21.Cl. The highest BCUT2D eigenvalue weighted by atomic mass is 35.5. The summed E-state index contributed by atoms with van der Waals surface area (Å²) in [6.45, 7) is 5.65. The molecule has 1 aliphatic rings. The lowest BCUT2D eigenvalue weighted by molar-refractivity contribution is 0.502. The van der Waals surface area contributed by atoms with Crippen molar-refractivity contribution in [2.24, 2.45) is 0 Å². The van der Waals surface area contributed by atoms with E-state index in [-0.39, 0.29) is 12.4 Å². The fourth-order valence-electron chi connectivity index (χ4n) is 1.65. The molecule has 1 aliphatic heterocycles. The Morgan fingerprint density at radius 3 is 2.92 bits per heavy atom. The molecule has 1 nitrogen and oxygen atoms in total. The Balaban J connectivity index is 0.000000720. The molecule has 0 saturated carbocycles. The molecule has 0 fully saturated rings. The van der Waals surface area contributed by atoms with E-state index >= 15 is 0 Å². The Morgan fingerprint density at radius 1 is 1.50 bits per heavy atom. The lowest BCUT2D eigenvalue weighted by atomic mass is 9.97. The second-order valence-electron chi connectivity index (χ2n) is 3.27. The zero-order valence-electron chi connectivity index (χ0n) is 7.33. The van der Waals surface area contributed by atoms with Crippen molar-refractivity contribution in [2.75, 3.05) is 6.54 Å². The summed E-state index contributed by atoms with van der Waals surface area (Å²) in [6.07, 6.45) is 0. The van der Waals surface area contributed by atoms with Gasteiger partial charge in [-0.2, -0.15) is 0 Å². The fraction of sp³-hybridized carbons (Fsp3) is 0.556. The van der Waals surface area contributed by atoms with E-state index in [1.165, 1.54) is 5.56 Å². The predicted octanol–water partition coefficient (Wildman–Crippen LogP) is 2.94. The summed E-state index contributed by atoms with van der Waals surface area (Å²) in [7, 11) is 0. The standard InChI is InChI=1S/C9H13NS.ClH/c1-6-5-10-7(2)8-3-4-11-9(6)8;/h3-4,6-7,10H,5H2,1-2H3;1H. The number of rotatable bonds is 0. The molecule has 2 heterocycles. The van der Waals surface area contributed by atoms with Crippen molar-refractivity contribution in [2.45, 2.75) is 25.8 Å². The van der Waals surface area contributed by atoms with Gasteiger partial charge in [0.2, 0.25) is 0 Å². The molecule has 0 radical (unpaired) electrons. The topological polar surface area (TPSA) is 12.0 Å². The van der Waals surface area contributed by atoms with Crippen LogP contribution in [0.3, 0.4) is 0 Å². The van der Waals surface area contributed by atoms with Gasteiger partial charge in [-0.25, -0.2) is 0 Å². The minimum absolute atomic E-state index is 0. The van der Waals surface area contributed by atoms with E-state index in [1.807, 2.05) is 11.3 Å². The van der Waals surface area contributed by atoms with Crippen molar-refractivity contribution < 1.29 is 0 Å². The third-order valence-corrected chi connectivity index (χ3v) is 3.54. The molecule has 0 bridgehead atoms. The van der Waals surface area contributed by atoms with Crippen LogP contribution in [0.25, 0.3) is 0 Å². The van der Waals surface area contributed by atoms with Crippen LogP contribution in [-0.2, 0) is 0 Å². The first-order valence-corrected chi connectivity index (χ1v) is 4.97. The van der Waals surface area contributed by atoms with E-state index in [1.54, 1.807) is 4.88 Å². The van der Waals surface area contributed by atoms with Crippen molar-refractivity contribution in [3.8, 4) is 0 Å². The Kier molecular flexibility index (Phi) is 3.16. The van der Waals surface area contributed by atoms with Crippen molar-refractivity contribution in [3.63, 3.8) is 0 Å². The number of hydrogen-bond acceptors (Lipinski definition) is 2. The molecule has 2 atom stereocenters. The molecule has 2 rings (SSSR count). The fourth-order valence-corrected chi connectivity index (χ4v) is 2.70. The van der Waals surface area contributed by atoms with Crippen LogP contribution in [0.4, 0.5) is 0 Å². The van der Waals surface area contributed by atoms with Crippen molar-refractivity contribution >= 4 is 23.7 Å². The molecule has 0 aliphatic carbocycles. The molecule has 0 aromatic carbocycles. The Bertz CT molecular complexity index is 234. The second kappa shape index (κ2) is 3.77. The van der Waals surface area contributed by atoms with Crippen LogP contribution in [0, 0.1) is 0 Å². The van der Waals surface area contributed by atoms with Gasteiger partial charge < -0.3 is 5.32 Å². The Hall–Kier alpha value is -0.0500. The van der Waals surface area contributed by atoms with Gasteiger partial charge in [0.1, 0.15) is 0 Å². The van der Waals surface area contributed by atoms with Crippen molar-refractivity contribution in [1.29, 1.82) is 0 Å². The summed E-state index contributed by atoms with van der Waals surface area (Å²) >= 11 is 1.90. The van der Waals surface area contributed by atoms with Crippen molar-refractivity contribution in [3.05, 3.63) is 21.9 Å². The highest BCUT2D eigenvalue weighted by molar-refractivity contribution is 7.10.